The topological polar surface area (TPSA) is 112 Å². The molecule has 2 aliphatic rings. The van der Waals surface area contributed by atoms with Gasteiger partial charge in [-0.2, -0.15) is 0 Å². The van der Waals surface area contributed by atoms with Gasteiger partial charge in [-0.3, -0.25) is 19.4 Å². The van der Waals surface area contributed by atoms with Crippen LogP contribution in [-0.2, 0) is 11.2 Å². The van der Waals surface area contributed by atoms with Gasteiger partial charge >= 0.3 is 0 Å². The summed E-state index contributed by atoms with van der Waals surface area (Å²) in [5.41, 5.74) is 6.86. The second-order valence-corrected chi connectivity index (χ2v) is 8.81. The van der Waals surface area contributed by atoms with E-state index in [-0.39, 0.29) is 42.5 Å². The van der Waals surface area contributed by atoms with E-state index < -0.39 is 5.91 Å². The molecule has 0 spiro atoms. The Bertz CT molecular complexity index is 1270. The van der Waals surface area contributed by atoms with Gasteiger partial charge in [-0.05, 0) is 49.1 Å². The van der Waals surface area contributed by atoms with E-state index in [0.717, 1.165) is 18.4 Å². The van der Waals surface area contributed by atoms with E-state index in [4.69, 9.17) is 15.2 Å². The van der Waals surface area contributed by atoms with Crippen molar-refractivity contribution in [2.75, 3.05) is 13.2 Å². The van der Waals surface area contributed by atoms with Crippen LogP contribution in [0.2, 0.25) is 0 Å². The van der Waals surface area contributed by atoms with E-state index in [0.29, 0.717) is 29.2 Å². The number of pyridine rings is 1. The van der Waals surface area contributed by atoms with Gasteiger partial charge in [0.1, 0.15) is 29.5 Å². The number of Topliss-reactive ketones (excluding diaryl/α,β-unsaturated/α-hetero) is 1. The molecular weight excluding hydrogens is 446 g/mol. The van der Waals surface area contributed by atoms with Crippen molar-refractivity contribution in [3.8, 4) is 17.2 Å². The molecule has 0 bridgehead atoms. The second-order valence-electron chi connectivity index (χ2n) is 8.81. The molecule has 2 heterocycles. The smallest absolute Gasteiger partial charge is 0.267 e. The van der Waals surface area contributed by atoms with Crippen LogP contribution >= 0.6 is 0 Å². The van der Waals surface area contributed by atoms with Crippen molar-refractivity contribution in [1.29, 1.82) is 0 Å². The number of rotatable bonds is 8. The quantitative estimate of drug-likeness (QED) is 0.504. The molecule has 2 N–H and O–H groups in total. The fourth-order valence-corrected chi connectivity index (χ4v) is 4.22. The third-order valence-electron chi connectivity index (χ3n) is 6.19. The summed E-state index contributed by atoms with van der Waals surface area (Å²) in [7, 11) is 0. The van der Waals surface area contributed by atoms with Crippen LogP contribution in [0, 0.1) is 5.92 Å². The lowest BCUT2D eigenvalue weighted by Crippen LogP contribution is -2.44. The van der Waals surface area contributed by atoms with Gasteiger partial charge in [-0.25, -0.2) is 0 Å². The molecule has 1 atom stereocenters. The number of aromatic nitrogens is 1. The molecule has 0 radical (unpaired) electrons. The normalized spacial score (nSPS) is 16.5. The zero-order valence-electron chi connectivity index (χ0n) is 19.1. The highest BCUT2D eigenvalue weighted by Crippen LogP contribution is 2.35. The zero-order chi connectivity index (χ0) is 24.4. The standard InChI is InChI=1S/C27H25N3O5/c28-26(32)23-14-22(10-11-29-23)35-21-8-9-25-18(13-21)12-19(16-34-25)27(33)30(20-6-7-20)15-24(31)17-4-2-1-3-5-17/h1-5,8-11,13-14,19-20H,6-7,12,15-16H2,(H2,28,32). The van der Waals surface area contributed by atoms with Crippen LogP contribution in [0.15, 0.2) is 66.9 Å². The van der Waals surface area contributed by atoms with Crippen LogP contribution in [0.3, 0.4) is 0 Å². The number of nitrogens with zero attached hydrogens (tertiary/aromatic N) is 2. The number of primary amides is 1. The van der Waals surface area contributed by atoms with E-state index in [9.17, 15) is 14.4 Å². The first-order valence-electron chi connectivity index (χ1n) is 11.6. The summed E-state index contributed by atoms with van der Waals surface area (Å²) < 4.78 is 11.8. The molecule has 8 heteroatoms. The van der Waals surface area contributed by atoms with Crippen molar-refractivity contribution in [2.45, 2.75) is 25.3 Å². The van der Waals surface area contributed by atoms with Gasteiger partial charge in [0.15, 0.2) is 5.78 Å². The van der Waals surface area contributed by atoms with E-state index in [2.05, 4.69) is 4.98 Å². The lowest BCUT2D eigenvalue weighted by atomic mass is 9.95. The highest BCUT2D eigenvalue weighted by Gasteiger charge is 2.38. The van der Waals surface area contributed by atoms with Gasteiger partial charge in [0.05, 0.1) is 12.5 Å². The molecule has 178 valence electrons. The Morgan fingerprint density at radius 3 is 2.54 bits per heavy atom. The van der Waals surface area contributed by atoms with Crippen molar-refractivity contribution >= 4 is 17.6 Å². The summed E-state index contributed by atoms with van der Waals surface area (Å²) in [6.45, 7) is 0.339. The molecule has 35 heavy (non-hydrogen) atoms. The summed E-state index contributed by atoms with van der Waals surface area (Å²) in [5.74, 6) is 0.524. The lowest BCUT2D eigenvalue weighted by Gasteiger charge is -2.30. The Kier molecular flexibility index (Phi) is 6.18. The molecule has 8 nitrogen and oxygen atoms in total. The molecule has 1 aliphatic heterocycles. The van der Waals surface area contributed by atoms with Crippen molar-refractivity contribution in [1.82, 2.24) is 9.88 Å². The number of hydrogen-bond acceptors (Lipinski definition) is 6. The Morgan fingerprint density at radius 2 is 1.80 bits per heavy atom. The first-order valence-corrected chi connectivity index (χ1v) is 11.6. The first kappa shape index (κ1) is 22.6. The van der Waals surface area contributed by atoms with E-state index in [1.54, 1.807) is 35.2 Å². The lowest BCUT2D eigenvalue weighted by molar-refractivity contribution is -0.137. The minimum absolute atomic E-state index is 0.0611. The van der Waals surface area contributed by atoms with Crippen LogP contribution < -0.4 is 15.2 Å². The molecular formula is C27H25N3O5. The van der Waals surface area contributed by atoms with Crippen molar-refractivity contribution < 1.29 is 23.9 Å². The van der Waals surface area contributed by atoms with Gasteiger partial charge in [0.2, 0.25) is 5.91 Å². The van der Waals surface area contributed by atoms with Crippen molar-refractivity contribution in [3.05, 3.63) is 83.7 Å². The van der Waals surface area contributed by atoms with Crippen LogP contribution in [0.1, 0.15) is 39.3 Å². The number of hydrogen-bond donors (Lipinski definition) is 1. The van der Waals surface area contributed by atoms with Gasteiger partial charge in [-0.15, -0.1) is 0 Å². The Balaban J connectivity index is 1.29. The molecule has 5 rings (SSSR count). The van der Waals surface area contributed by atoms with Gasteiger partial charge in [0, 0.05) is 23.9 Å². The first-order chi connectivity index (χ1) is 17.0. The van der Waals surface area contributed by atoms with Gasteiger partial charge < -0.3 is 20.1 Å². The number of nitrogens with two attached hydrogens (primary N) is 1. The van der Waals surface area contributed by atoms with Crippen molar-refractivity contribution in [2.24, 2.45) is 11.7 Å². The van der Waals surface area contributed by atoms with Crippen LogP contribution in [0.25, 0.3) is 0 Å². The molecule has 1 aromatic heterocycles. The Morgan fingerprint density at radius 1 is 1.03 bits per heavy atom. The van der Waals surface area contributed by atoms with Gasteiger partial charge in [0.25, 0.3) is 5.91 Å². The molecule has 1 aliphatic carbocycles. The number of ether oxygens (including phenoxy) is 2. The van der Waals surface area contributed by atoms with E-state index in [1.165, 1.54) is 12.3 Å². The predicted octanol–water partition coefficient (Wildman–Crippen LogP) is 3.40. The van der Waals surface area contributed by atoms with Crippen molar-refractivity contribution in [3.63, 3.8) is 0 Å². The number of benzene rings is 2. The number of amides is 2. The van der Waals surface area contributed by atoms with E-state index >= 15 is 0 Å². The maximum absolute atomic E-state index is 13.4. The summed E-state index contributed by atoms with van der Waals surface area (Å²) in [4.78, 5) is 43.2. The molecule has 0 saturated heterocycles. The summed E-state index contributed by atoms with van der Waals surface area (Å²) in [5, 5.41) is 0. The minimum atomic E-state index is -0.637. The average molecular weight is 472 g/mol. The largest absolute Gasteiger partial charge is 0.492 e. The maximum Gasteiger partial charge on any atom is 0.267 e. The number of fused-ring (bicyclic) bond motifs is 1. The fourth-order valence-electron chi connectivity index (χ4n) is 4.22. The molecule has 1 unspecified atom stereocenters. The SMILES string of the molecule is NC(=O)c1cc(Oc2ccc3c(c2)CC(C(=O)N(CC(=O)c2ccccc2)C2CC2)CO3)ccn1. The number of carbonyl (C=O) groups is 3. The Labute approximate surface area is 202 Å². The monoisotopic (exact) mass is 471 g/mol. The third-order valence-corrected chi connectivity index (χ3v) is 6.19. The van der Waals surface area contributed by atoms with Crippen LogP contribution in [-0.4, -0.2) is 46.7 Å². The Hall–Kier alpha value is -4.20. The second kappa shape index (κ2) is 9.58. The highest BCUT2D eigenvalue weighted by molar-refractivity contribution is 5.99. The predicted molar refractivity (Wildman–Crippen MR) is 127 cm³/mol. The molecule has 2 amide bonds. The van der Waals surface area contributed by atoms with Gasteiger partial charge in [-0.1, -0.05) is 30.3 Å². The minimum Gasteiger partial charge on any atom is -0.492 e. The molecule has 3 aromatic rings. The van der Waals surface area contributed by atoms with Crippen LogP contribution in [0.5, 0.6) is 17.2 Å². The summed E-state index contributed by atoms with van der Waals surface area (Å²) >= 11 is 0. The fraction of sp³-hybridized carbons (Fsp3) is 0.259. The third kappa shape index (κ3) is 5.16. The average Bonchev–Trinajstić information content (AvgIpc) is 3.72. The summed E-state index contributed by atoms with van der Waals surface area (Å²) in [6, 6.07) is 17.7. The number of ketones is 1. The zero-order valence-corrected chi connectivity index (χ0v) is 19.1. The summed E-state index contributed by atoms with van der Waals surface area (Å²) in [6.07, 6.45) is 3.76. The molecule has 1 fully saturated rings. The highest BCUT2D eigenvalue weighted by atomic mass is 16.5. The van der Waals surface area contributed by atoms with E-state index in [1.807, 2.05) is 24.3 Å². The number of carbonyl (C=O) groups excluding carboxylic acids is 3. The maximum atomic E-state index is 13.4. The molecule has 1 saturated carbocycles. The van der Waals surface area contributed by atoms with Crippen LogP contribution in [0.4, 0.5) is 0 Å². The molecule has 2 aromatic carbocycles.